The van der Waals surface area contributed by atoms with Crippen LogP contribution in [0, 0.1) is 5.82 Å². The smallest absolute Gasteiger partial charge is 0.340 e. The van der Waals surface area contributed by atoms with Gasteiger partial charge in [0, 0.05) is 0 Å². The Balaban J connectivity index is 2.95. The fourth-order valence-electron chi connectivity index (χ4n) is 1.29. The van der Waals surface area contributed by atoms with E-state index >= 15 is 0 Å². The summed E-state index contributed by atoms with van der Waals surface area (Å²) >= 11 is 0. The number of aromatic carboxylic acids is 1. The van der Waals surface area contributed by atoms with Crippen molar-refractivity contribution < 1.29 is 14.3 Å². The van der Waals surface area contributed by atoms with Gasteiger partial charge in [-0.05, 0) is 12.1 Å². The van der Waals surface area contributed by atoms with Gasteiger partial charge in [-0.3, -0.25) is 0 Å². The van der Waals surface area contributed by atoms with Gasteiger partial charge in [-0.1, -0.05) is 0 Å². The third-order valence-electron chi connectivity index (χ3n) is 1.86. The van der Waals surface area contributed by atoms with Gasteiger partial charge in [0.05, 0.1) is 11.0 Å². The van der Waals surface area contributed by atoms with Crippen LogP contribution in [0.3, 0.4) is 0 Å². The molecule has 14 heavy (non-hydrogen) atoms. The zero-order valence-electron chi connectivity index (χ0n) is 6.80. The highest BCUT2D eigenvalue weighted by molar-refractivity contribution is 6.00. The van der Waals surface area contributed by atoms with Gasteiger partial charge in [0.15, 0.2) is 0 Å². The average Bonchev–Trinajstić information content (AvgIpc) is 2.43. The number of hydrogen-bond donors (Lipinski definition) is 3. The molecule has 3 N–H and O–H groups in total. The number of rotatable bonds is 1. The van der Waals surface area contributed by atoms with E-state index in [0.29, 0.717) is 0 Å². The van der Waals surface area contributed by atoms with E-state index in [0.717, 1.165) is 6.07 Å². The number of hydrogen-bond acceptors (Lipinski definition) is 2. The van der Waals surface area contributed by atoms with Crippen LogP contribution in [-0.4, -0.2) is 21.0 Å². The third-order valence-corrected chi connectivity index (χ3v) is 1.86. The zero-order valence-corrected chi connectivity index (χ0v) is 6.80. The first-order chi connectivity index (χ1) is 6.59. The van der Waals surface area contributed by atoms with Crippen LogP contribution in [0.25, 0.3) is 11.0 Å². The minimum absolute atomic E-state index is 0.0255. The van der Waals surface area contributed by atoms with Crippen molar-refractivity contribution in [1.82, 2.24) is 9.97 Å². The second-order valence-corrected chi connectivity index (χ2v) is 2.73. The molecule has 0 amide bonds. The first-order valence-electron chi connectivity index (χ1n) is 3.73. The van der Waals surface area contributed by atoms with Gasteiger partial charge >= 0.3 is 11.7 Å². The van der Waals surface area contributed by atoms with Gasteiger partial charge in [0.2, 0.25) is 0 Å². The molecule has 1 aromatic heterocycles. The highest BCUT2D eigenvalue weighted by atomic mass is 19.1. The van der Waals surface area contributed by atoms with E-state index in [9.17, 15) is 14.0 Å². The SMILES string of the molecule is O=C(O)c1c(F)ccc2[nH]c(=O)[nH]c12. The molecule has 0 unspecified atom stereocenters. The monoisotopic (exact) mass is 196 g/mol. The van der Waals surface area contributed by atoms with Crippen molar-refractivity contribution in [3.63, 3.8) is 0 Å². The Kier molecular flexibility index (Phi) is 1.63. The van der Waals surface area contributed by atoms with Crippen molar-refractivity contribution >= 4 is 17.0 Å². The zero-order chi connectivity index (χ0) is 10.3. The number of aromatic amines is 2. The van der Waals surface area contributed by atoms with Gasteiger partial charge in [-0.25, -0.2) is 14.0 Å². The molecule has 1 heterocycles. The molecule has 6 heteroatoms. The molecular formula is C8H5FN2O3. The summed E-state index contributed by atoms with van der Waals surface area (Å²) in [6, 6.07) is 2.30. The van der Waals surface area contributed by atoms with E-state index in [4.69, 9.17) is 5.11 Å². The third kappa shape index (κ3) is 1.08. The van der Waals surface area contributed by atoms with Crippen LogP contribution in [0.1, 0.15) is 10.4 Å². The lowest BCUT2D eigenvalue weighted by atomic mass is 10.2. The van der Waals surface area contributed by atoms with E-state index in [1.807, 2.05) is 0 Å². The summed E-state index contributed by atoms with van der Waals surface area (Å²) < 4.78 is 13.1. The number of nitrogens with one attached hydrogen (secondary N) is 2. The van der Waals surface area contributed by atoms with Crippen LogP contribution in [0.5, 0.6) is 0 Å². The molecule has 0 radical (unpaired) electrons. The number of carboxylic acids is 1. The summed E-state index contributed by atoms with van der Waals surface area (Å²) in [7, 11) is 0. The standard InChI is InChI=1S/C8H5FN2O3/c9-3-1-2-4-6(5(3)7(12)13)11-8(14)10-4/h1-2H,(H,12,13)(H2,10,11,14). The normalized spacial score (nSPS) is 10.6. The Labute approximate surface area is 76.2 Å². The number of halogens is 1. The van der Waals surface area contributed by atoms with Crippen molar-refractivity contribution in [2.75, 3.05) is 0 Å². The Bertz CT molecular complexity index is 569. The van der Waals surface area contributed by atoms with Crippen LogP contribution < -0.4 is 5.69 Å². The molecule has 5 nitrogen and oxygen atoms in total. The molecule has 0 bridgehead atoms. The lowest BCUT2D eigenvalue weighted by molar-refractivity contribution is 0.0694. The maximum absolute atomic E-state index is 13.1. The first kappa shape index (κ1) is 8.49. The van der Waals surface area contributed by atoms with Crippen LogP contribution in [0.2, 0.25) is 0 Å². The predicted molar refractivity (Wildman–Crippen MR) is 45.8 cm³/mol. The fourth-order valence-corrected chi connectivity index (χ4v) is 1.29. The van der Waals surface area contributed by atoms with Gasteiger partial charge in [-0.2, -0.15) is 0 Å². The Hall–Kier alpha value is -2.11. The molecule has 0 fully saturated rings. The second-order valence-electron chi connectivity index (χ2n) is 2.73. The maximum atomic E-state index is 13.1. The number of imidazole rings is 1. The summed E-state index contributed by atoms with van der Waals surface area (Å²) in [5.74, 6) is -2.29. The number of fused-ring (bicyclic) bond motifs is 1. The van der Waals surface area contributed by atoms with E-state index in [2.05, 4.69) is 9.97 Å². The summed E-state index contributed by atoms with van der Waals surface area (Å²) in [5, 5.41) is 8.70. The molecule has 0 aliphatic carbocycles. The van der Waals surface area contributed by atoms with Gasteiger partial charge < -0.3 is 15.1 Å². The quantitative estimate of drug-likeness (QED) is 0.627. The Morgan fingerprint density at radius 1 is 1.36 bits per heavy atom. The Morgan fingerprint density at radius 2 is 2.07 bits per heavy atom. The van der Waals surface area contributed by atoms with Crippen LogP contribution in [-0.2, 0) is 0 Å². The lowest BCUT2D eigenvalue weighted by Gasteiger charge is -1.97. The predicted octanol–water partition coefficient (Wildman–Crippen LogP) is 0.694. The van der Waals surface area contributed by atoms with E-state index < -0.39 is 23.0 Å². The van der Waals surface area contributed by atoms with Crippen LogP contribution in [0.15, 0.2) is 16.9 Å². The molecule has 2 rings (SSSR count). The van der Waals surface area contributed by atoms with E-state index in [1.165, 1.54) is 6.07 Å². The van der Waals surface area contributed by atoms with E-state index in [1.54, 1.807) is 0 Å². The van der Waals surface area contributed by atoms with E-state index in [-0.39, 0.29) is 11.0 Å². The summed E-state index contributed by atoms with van der Waals surface area (Å²) in [5.41, 5.74) is -0.842. The molecule has 0 spiro atoms. The molecule has 0 saturated carbocycles. The average molecular weight is 196 g/mol. The largest absolute Gasteiger partial charge is 0.478 e. The lowest BCUT2D eigenvalue weighted by Crippen LogP contribution is -2.03. The number of carbonyl (C=O) groups is 1. The topological polar surface area (TPSA) is 85.9 Å². The number of H-pyrrole nitrogens is 2. The molecule has 72 valence electrons. The van der Waals surface area contributed by atoms with Gasteiger partial charge in [0.1, 0.15) is 11.4 Å². The molecule has 1 aromatic carbocycles. The van der Waals surface area contributed by atoms with Gasteiger partial charge in [-0.15, -0.1) is 0 Å². The first-order valence-corrected chi connectivity index (χ1v) is 3.73. The van der Waals surface area contributed by atoms with Crippen molar-refractivity contribution in [2.24, 2.45) is 0 Å². The highest BCUT2D eigenvalue weighted by Crippen LogP contribution is 2.16. The molecule has 0 atom stereocenters. The van der Waals surface area contributed by atoms with Crippen LogP contribution >= 0.6 is 0 Å². The van der Waals surface area contributed by atoms with Crippen molar-refractivity contribution in [3.8, 4) is 0 Å². The summed E-state index contributed by atoms with van der Waals surface area (Å²) in [4.78, 5) is 26.1. The fraction of sp³-hybridized carbons (Fsp3) is 0. The Morgan fingerprint density at radius 3 is 2.71 bits per heavy atom. The second kappa shape index (κ2) is 2.69. The molecular weight excluding hydrogens is 191 g/mol. The van der Waals surface area contributed by atoms with Crippen molar-refractivity contribution in [3.05, 3.63) is 34.0 Å². The van der Waals surface area contributed by atoms with Crippen molar-refractivity contribution in [2.45, 2.75) is 0 Å². The molecule has 0 aliphatic heterocycles. The van der Waals surface area contributed by atoms with Gasteiger partial charge in [0.25, 0.3) is 0 Å². The molecule has 0 saturated heterocycles. The summed E-state index contributed by atoms with van der Waals surface area (Å²) in [6.45, 7) is 0. The van der Waals surface area contributed by atoms with Crippen LogP contribution in [0.4, 0.5) is 4.39 Å². The highest BCUT2D eigenvalue weighted by Gasteiger charge is 2.16. The number of aromatic nitrogens is 2. The maximum Gasteiger partial charge on any atom is 0.340 e. The summed E-state index contributed by atoms with van der Waals surface area (Å²) in [6.07, 6.45) is 0. The number of carboxylic acid groups (broad SMARTS) is 1. The van der Waals surface area contributed by atoms with Crippen molar-refractivity contribution in [1.29, 1.82) is 0 Å². The minimum atomic E-state index is -1.41. The molecule has 0 aliphatic rings. The minimum Gasteiger partial charge on any atom is -0.478 e. The number of benzene rings is 1. The molecule has 2 aromatic rings.